The van der Waals surface area contributed by atoms with Gasteiger partial charge >= 0.3 is 0 Å². The Morgan fingerprint density at radius 3 is 2.50 bits per heavy atom. The zero-order valence-corrected chi connectivity index (χ0v) is 11.6. The van der Waals surface area contributed by atoms with Crippen LogP contribution < -0.4 is 0 Å². The lowest BCUT2D eigenvalue weighted by Gasteiger charge is -2.30. The molecule has 1 heterocycles. The monoisotopic (exact) mass is 249 g/mol. The van der Waals surface area contributed by atoms with Crippen LogP contribution in [-0.4, -0.2) is 27.1 Å². The molecule has 2 fully saturated rings. The Labute approximate surface area is 109 Å². The van der Waals surface area contributed by atoms with Crippen LogP contribution in [0.2, 0.25) is 0 Å². The SMILES string of the molecule is CC(C)[C@H](C)N(Cc1nc(C2CC2)no1)C1CC1. The van der Waals surface area contributed by atoms with Gasteiger partial charge < -0.3 is 4.52 Å². The zero-order valence-electron chi connectivity index (χ0n) is 11.6. The Bertz CT molecular complexity index is 407. The molecule has 3 rings (SSSR count). The summed E-state index contributed by atoms with van der Waals surface area (Å²) >= 11 is 0. The summed E-state index contributed by atoms with van der Waals surface area (Å²) in [6, 6.07) is 1.31. The molecule has 18 heavy (non-hydrogen) atoms. The van der Waals surface area contributed by atoms with Gasteiger partial charge in [0.25, 0.3) is 0 Å². The minimum atomic E-state index is 0.578. The second kappa shape index (κ2) is 4.65. The van der Waals surface area contributed by atoms with E-state index >= 15 is 0 Å². The van der Waals surface area contributed by atoms with Crippen molar-refractivity contribution in [2.75, 3.05) is 0 Å². The fourth-order valence-electron chi connectivity index (χ4n) is 2.39. The third-order valence-electron chi connectivity index (χ3n) is 4.25. The van der Waals surface area contributed by atoms with Gasteiger partial charge in [-0.1, -0.05) is 19.0 Å². The summed E-state index contributed by atoms with van der Waals surface area (Å²) < 4.78 is 5.40. The average Bonchev–Trinajstić information content (AvgIpc) is 3.24. The lowest BCUT2D eigenvalue weighted by Crippen LogP contribution is -2.38. The molecule has 0 spiro atoms. The predicted octanol–water partition coefficient (Wildman–Crippen LogP) is 2.96. The van der Waals surface area contributed by atoms with Crippen molar-refractivity contribution in [2.24, 2.45) is 5.92 Å². The number of aromatic nitrogens is 2. The number of hydrogen-bond donors (Lipinski definition) is 0. The van der Waals surface area contributed by atoms with E-state index in [1.165, 1.54) is 25.7 Å². The highest BCUT2D eigenvalue weighted by Crippen LogP contribution is 2.38. The van der Waals surface area contributed by atoms with Gasteiger partial charge in [-0.25, -0.2) is 0 Å². The molecule has 0 aliphatic heterocycles. The van der Waals surface area contributed by atoms with Gasteiger partial charge in [0.1, 0.15) is 0 Å². The van der Waals surface area contributed by atoms with Gasteiger partial charge in [-0.15, -0.1) is 0 Å². The molecule has 1 aromatic heterocycles. The van der Waals surface area contributed by atoms with Crippen molar-refractivity contribution in [1.82, 2.24) is 15.0 Å². The third kappa shape index (κ3) is 2.58. The largest absolute Gasteiger partial charge is 0.338 e. The third-order valence-corrected chi connectivity index (χ3v) is 4.25. The molecular weight excluding hydrogens is 226 g/mol. The average molecular weight is 249 g/mol. The summed E-state index contributed by atoms with van der Waals surface area (Å²) in [6.45, 7) is 7.69. The Balaban J connectivity index is 1.67. The smallest absolute Gasteiger partial charge is 0.240 e. The fourth-order valence-corrected chi connectivity index (χ4v) is 2.39. The Morgan fingerprint density at radius 1 is 1.22 bits per heavy atom. The van der Waals surface area contributed by atoms with Gasteiger partial charge in [0.2, 0.25) is 5.89 Å². The molecule has 1 aromatic rings. The highest BCUT2D eigenvalue weighted by Gasteiger charge is 2.35. The number of rotatable bonds is 6. The molecule has 0 bridgehead atoms. The van der Waals surface area contributed by atoms with Crippen molar-refractivity contribution < 1.29 is 4.52 Å². The topological polar surface area (TPSA) is 42.2 Å². The Morgan fingerprint density at radius 2 is 1.94 bits per heavy atom. The maximum atomic E-state index is 5.40. The van der Waals surface area contributed by atoms with Crippen LogP contribution in [0.25, 0.3) is 0 Å². The van der Waals surface area contributed by atoms with E-state index in [1.54, 1.807) is 0 Å². The van der Waals surface area contributed by atoms with Crippen molar-refractivity contribution in [2.45, 2.75) is 71.0 Å². The van der Waals surface area contributed by atoms with E-state index in [2.05, 4.69) is 35.8 Å². The molecule has 0 aromatic carbocycles. The van der Waals surface area contributed by atoms with Gasteiger partial charge in [0, 0.05) is 18.0 Å². The first-order chi connectivity index (χ1) is 8.65. The molecule has 0 amide bonds. The van der Waals surface area contributed by atoms with E-state index < -0.39 is 0 Å². The molecular formula is C14H23N3O. The first-order valence-electron chi connectivity index (χ1n) is 7.23. The van der Waals surface area contributed by atoms with Crippen LogP contribution >= 0.6 is 0 Å². The molecule has 0 N–H and O–H groups in total. The number of hydrogen-bond acceptors (Lipinski definition) is 4. The summed E-state index contributed by atoms with van der Waals surface area (Å²) in [4.78, 5) is 7.08. The maximum Gasteiger partial charge on any atom is 0.240 e. The summed E-state index contributed by atoms with van der Waals surface area (Å²) in [7, 11) is 0. The lowest BCUT2D eigenvalue weighted by atomic mass is 10.0. The summed E-state index contributed by atoms with van der Waals surface area (Å²) in [6.07, 6.45) is 5.10. The predicted molar refractivity (Wildman–Crippen MR) is 69.1 cm³/mol. The van der Waals surface area contributed by atoms with E-state index in [9.17, 15) is 0 Å². The highest BCUT2D eigenvalue weighted by atomic mass is 16.5. The van der Waals surface area contributed by atoms with Crippen LogP contribution in [0.1, 0.15) is 64.1 Å². The second-order valence-electron chi connectivity index (χ2n) is 6.21. The van der Waals surface area contributed by atoms with Crippen molar-refractivity contribution in [3.8, 4) is 0 Å². The summed E-state index contributed by atoms with van der Waals surface area (Å²) in [5.41, 5.74) is 0. The molecule has 0 saturated heterocycles. The number of nitrogens with zero attached hydrogens (tertiary/aromatic N) is 3. The molecule has 2 aliphatic carbocycles. The molecule has 4 heteroatoms. The van der Waals surface area contributed by atoms with Gasteiger partial charge in [-0.05, 0) is 38.5 Å². The molecule has 2 aliphatic rings. The zero-order chi connectivity index (χ0) is 12.7. The molecule has 0 radical (unpaired) electrons. The molecule has 0 unspecified atom stereocenters. The van der Waals surface area contributed by atoms with Gasteiger partial charge in [-0.2, -0.15) is 4.98 Å². The van der Waals surface area contributed by atoms with E-state index in [-0.39, 0.29) is 0 Å². The van der Waals surface area contributed by atoms with E-state index in [0.717, 1.165) is 24.3 Å². The first-order valence-corrected chi connectivity index (χ1v) is 7.23. The summed E-state index contributed by atoms with van der Waals surface area (Å²) in [5.74, 6) is 2.98. The fraction of sp³-hybridized carbons (Fsp3) is 0.857. The van der Waals surface area contributed by atoms with Gasteiger partial charge in [-0.3, -0.25) is 4.90 Å². The minimum absolute atomic E-state index is 0.578. The first kappa shape index (κ1) is 12.2. The molecule has 1 atom stereocenters. The van der Waals surface area contributed by atoms with Crippen LogP contribution in [0.15, 0.2) is 4.52 Å². The van der Waals surface area contributed by atoms with E-state index in [0.29, 0.717) is 17.9 Å². The standard InChI is InChI=1S/C14H23N3O/c1-9(2)10(3)17(12-6-7-12)8-13-15-14(16-18-13)11-4-5-11/h9-12H,4-8H2,1-3H3/t10-/m0/s1. The van der Waals surface area contributed by atoms with Gasteiger partial charge in [0.15, 0.2) is 5.82 Å². The van der Waals surface area contributed by atoms with Crippen LogP contribution in [0.5, 0.6) is 0 Å². The van der Waals surface area contributed by atoms with E-state index in [4.69, 9.17) is 4.52 Å². The minimum Gasteiger partial charge on any atom is -0.338 e. The van der Waals surface area contributed by atoms with Crippen LogP contribution in [0.3, 0.4) is 0 Å². The van der Waals surface area contributed by atoms with Crippen LogP contribution in [-0.2, 0) is 6.54 Å². The molecule has 4 nitrogen and oxygen atoms in total. The van der Waals surface area contributed by atoms with Crippen LogP contribution in [0, 0.1) is 5.92 Å². The van der Waals surface area contributed by atoms with Crippen molar-refractivity contribution in [3.63, 3.8) is 0 Å². The second-order valence-corrected chi connectivity index (χ2v) is 6.21. The Kier molecular flexibility index (Phi) is 3.14. The van der Waals surface area contributed by atoms with Crippen LogP contribution in [0.4, 0.5) is 0 Å². The van der Waals surface area contributed by atoms with Gasteiger partial charge in [0.05, 0.1) is 6.54 Å². The quantitative estimate of drug-likeness (QED) is 0.777. The molecule has 100 valence electrons. The normalized spacial score (nSPS) is 21.8. The van der Waals surface area contributed by atoms with Crippen molar-refractivity contribution in [1.29, 1.82) is 0 Å². The van der Waals surface area contributed by atoms with Crippen molar-refractivity contribution >= 4 is 0 Å². The summed E-state index contributed by atoms with van der Waals surface area (Å²) in [5, 5.41) is 4.10. The molecule has 2 saturated carbocycles. The van der Waals surface area contributed by atoms with Crippen molar-refractivity contribution in [3.05, 3.63) is 11.7 Å². The highest BCUT2D eigenvalue weighted by molar-refractivity contribution is 5.03. The Hall–Kier alpha value is -0.900. The lowest BCUT2D eigenvalue weighted by molar-refractivity contribution is 0.132. The van der Waals surface area contributed by atoms with E-state index in [1.807, 2.05) is 0 Å². The maximum absolute atomic E-state index is 5.40.